The molecule has 4 rings (SSSR count). The van der Waals surface area contributed by atoms with Gasteiger partial charge in [-0.25, -0.2) is 9.31 Å². The lowest BCUT2D eigenvalue weighted by Gasteiger charge is -2.02. The quantitative estimate of drug-likeness (QED) is 0.687. The number of fused-ring (bicyclic) bond motifs is 1. The molecule has 0 saturated heterocycles. The van der Waals surface area contributed by atoms with Gasteiger partial charge >= 0.3 is 5.97 Å². The smallest absolute Gasteiger partial charge is 0.342 e. The van der Waals surface area contributed by atoms with Crippen LogP contribution in [0.15, 0.2) is 29.0 Å². The summed E-state index contributed by atoms with van der Waals surface area (Å²) in [4.78, 5) is 16.5. The zero-order valence-electron chi connectivity index (χ0n) is 12.0. The minimum Gasteiger partial charge on any atom is -0.454 e. The predicted octanol–water partition coefficient (Wildman–Crippen LogP) is 2.26. The number of esters is 1. The molecular weight excluding hydrogens is 284 g/mol. The van der Waals surface area contributed by atoms with Crippen LogP contribution < -0.4 is 0 Å². The van der Waals surface area contributed by atoms with Crippen LogP contribution in [0.3, 0.4) is 0 Å². The summed E-state index contributed by atoms with van der Waals surface area (Å²) in [5.41, 5.74) is 2.14. The molecular formula is C15H14N4O3. The van der Waals surface area contributed by atoms with Crippen molar-refractivity contribution >= 4 is 11.5 Å². The van der Waals surface area contributed by atoms with E-state index >= 15 is 0 Å². The van der Waals surface area contributed by atoms with Crippen LogP contribution in [-0.2, 0) is 11.3 Å². The highest BCUT2D eigenvalue weighted by atomic mass is 16.5. The van der Waals surface area contributed by atoms with Crippen LogP contribution in [0.4, 0.5) is 0 Å². The molecule has 3 heterocycles. The average molecular weight is 298 g/mol. The first-order valence-electron chi connectivity index (χ1n) is 7.15. The Morgan fingerprint density at radius 1 is 1.50 bits per heavy atom. The largest absolute Gasteiger partial charge is 0.454 e. The number of hydrogen-bond donors (Lipinski definition) is 0. The summed E-state index contributed by atoms with van der Waals surface area (Å²) in [5.74, 6) is 0.975. The lowest BCUT2D eigenvalue weighted by molar-refractivity contribution is 0.0462. The molecule has 0 atom stereocenters. The van der Waals surface area contributed by atoms with Crippen LogP contribution in [0.5, 0.6) is 0 Å². The lowest BCUT2D eigenvalue weighted by Crippen LogP contribution is -2.06. The third-order valence-electron chi connectivity index (χ3n) is 3.71. The van der Waals surface area contributed by atoms with E-state index in [4.69, 9.17) is 9.26 Å². The highest BCUT2D eigenvalue weighted by Crippen LogP contribution is 2.38. The number of aromatic nitrogens is 4. The zero-order valence-corrected chi connectivity index (χ0v) is 12.0. The number of hydrogen-bond acceptors (Lipinski definition) is 6. The highest BCUT2D eigenvalue weighted by Gasteiger charge is 2.29. The van der Waals surface area contributed by atoms with Gasteiger partial charge < -0.3 is 9.26 Å². The summed E-state index contributed by atoms with van der Waals surface area (Å²) >= 11 is 0. The fraction of sp³-hybridized carbons (Fsp3) is 0.333. The van der Waals surface area contributed by atoms with Gasteiger partial charge in [0.15, 0.2) is 6.61 Å². The van der Waals surface area contributed by atoms with E-state index in [0.29, 0.717) is 23.2 Å². The van der Waals surface area contributed by atoms with Crippen LogP contribution in [0.2, 0.25) is 0 Å². The summed E-state index contributed by atoms with van der Waals surface area (Å²) in [5, 5.41) is 7.98. The van der Waals surface area contributed by atoms with Gasteiger partial charge in [0.25, 0.3) is 0 Å². The summed E-state index contributed by atoms with van der Waals surface area (Å²) < 4.78 is 12.1. The van der Waals surface area contributed by atoms with Gasteiger partial charge in [-0.2, -0.15) is 10.1 Å². The topological polar surface area (TPSA) is 82.5 Å². The van der Waals surface area contributed by atoms with Crippen LogP contribution in [0.25, 0.3) is 5.52 Å². The molecule has 0 radical (unpaired) electrons. The van der Waals surface area contributed by atoms with Gasteiger partial charge in [0.05, 0.1) is 11.7 Å². The minimum absolute atomic E-state index is 0.00171. The third-order valence-corrected chi connectivity index (χ3v) is 3.71. The van der Waals surface area contributed by atoms with E-state index in [0.717, 1.165) is 23.9 Å². The molecule has 7 nitrogen and oxygen atoms in total. The molecule has 0 N–H and O–H groups in total. The van der Waals surface area contributed by atoms with Gasteiger partial charge in [-0.05, 0) is 31.4 Å². The summed E-state index contributed by atoms with van der Waals surface area (Å²) in [6.07, 6.45) is 5.48. The van der Waals surface area contributed by atoms with Crippen molar-refractivity contribution in [3.8, 4) is 0 Å². The molecule has 3 aromatic rings. The van der Waals surface area contributed by atoms with Crippen LogP contribution in [0.1, 0.15) is 46.4 Å². The monoisotopic (exact) mass is 298 g/mol. The molecule has 1 fully saturated rings. The molecule has 0 aromatic carbocycles. The van der Waals surface area contributed by atoms with Gasteiger partial charge in [0.2, 0.25) is 11.7 Å². The fourth-order valence-corrected chi connectivity index (χ4v) is 2.40. The highest BCUT2D eigenvalue weighted by molar-refractivity contribution is 5.97. The molecule has 7 heteroatoms. The van der Waals surface area contributed by atoms with E-state index in [1.807, 2.05) is 19.1 Å². The molecule has 0 amide bonds. The molecule has 0 unspecified atom stereocenters. The molecule has 0 spiro atoms. The zero-order chi connectivity index (χ0) is 15.1. The normalized spacial score (nSPS) is 14.4. The van der Waals surface area contributed by atoms with E-state index < -0.39 is 5.97 Å². The maximum atomic E-state index is 12.2. The average Bonchev–Trinajstić information content (AvgIpc) is 3.10. The summed E-state index contributed by atoms with van der Waals surface area (Å²) in [6.45, 7) is 1.92. The van der Waals surface area contributed by atoms with Gasteiger partial charge in [0, 0.05) is 12.1 Å². The molecule has 22 heavy (non-hydrogen) atoms. The van der Waals surface area contributed by atoms with E-state index in [1.54, 1.807) is 10.7 Å². The number of nitrogens with zero attached hydrogens (tertiary/aromatic N) is 4. The second-order valence-electron chi connectivity index (χ2n) is 5.44. The second-order valence-corrected chi connectivity index (χ2v) is 5.44. The maximum absolute atomic E-state index is 12.2. The Hall–Kier alpha value is -2.70. The third kappa shape index (κ3) is 2.24. The first-order valence-corrected chi connectivity index (χ1v) is 7.15. The standard InChI is InChI=1S/C15H14N4O3/c1-9-3-2-6-19-13(9)11(7-16-19)15(20)21-8-12-17-14(22-18-12)10-4-5-10/h2-3,6-7,10H,4-5,8H2,1H3. The van der Waals surface area contributed by atoms with Gasteiger partial charge in [-0.15, -0.1) is 0 Å². The van der Waals surface area contributed by atoms with Crippen molar-refractivity contribution in [2.45, 2.75) is 32.3 Å². The second kappa shape index (κ2) is 4.94. The fourth-order valence-electron chi connectivity index (χ4n) is 2.40. The van der Waals surface area contributed by atoms with E-state index in [1.165, 1.54) is 6.20 Å². The number of carbonyl (C=O) groups excluding carboxylic acids is 1. The first-order chi connectivity index (χ1) is 10.7. The van der Waals surface area contributed by atoms with E-state index in [-0.39, 0.29) is 6.61 Å². The molecule has 0 aliphatic heterocycles. The molecule has 1 aliphatic carbocycles. The number of carbonyl (C=O) groups is 1. The SMILES string of the molecule is Cc1cccn2ncc(C(=O)OCc3noc(C4CC4)n3)c12. The Morgan fingerprint density at radius 3 is 3.18 bits per heavy atom. The Balaban J connectivity index is 1.50. The van der Waals surface area contributed by atoms with Crippen molar-refractivity contribution in [2.24, 2.45) is 0 Å². The molecule has 1 saturated carbocycles. The van der Waals surface area contributed by atoms with E-state index in [2.05, 4.69) is 15.2 Å². The Morgan fingerprint density at radius 2 is 2.36 bits per heavy atom. The van der Waals surface area contributed by atoms with Gasteiger partial charge in [0.1, 0.15) is 5.56 Å². The van der Waals surface area contributed by atoms with Crippen molar-refractivity contribution in [3.05, 3.63) is 47.4 Å². The van der Waals surface area contributed by atoms with Crippen molar-refractivity contribution in [3.63, 3.8) is 0 Å². The Bertz CT molecular complexity index is 847. The Labute approximate surface area is 125 Å². The van der Waals surface area contributed by atoms with Gasteiger partial charge in [-0.1, -0.05) is 11.2 Å². The van der Waals surface area contributed by atoms with Crippen LogP contribution in [-0.4, -0.2) is 25.7 Å². The van der Waals surface area contributed by atoms with Crippen molar-refractivity contribution in [1.82, 2.24) is 19.8 Å². The summed E-state index contributed by atoms with van der Waals surface area (Å²) in [7, 11) is 0. The number of ether oxygens (including phenoxy) is 1. The number of pyridine rings is 1. The predicted molar refractivity (Wildman–Crippen MR) is 75.3 cm³/mol. The Kier molecular flexibility index (Phi) is 2.92. The number of aryl methyl sites for hydroxylation is 1. The van der Waals surface area contributed by atoms with Crippen molar-refractivity contribution in [2.75, 3.05) is 0 Å². The molecule has 3 aromatic heterocycles. The van der Waals surface area contributed by atoms with Crippen LogP contribution >= 0.6 is 0 Å². The first kappa shape index (κ1) is 13.0. The minimum atomic E-state index is -0.443. The lowest BCUT2D eigenvalue weighted by atomic mass is 10.2. The van der Waals surface area contributed by atoms with Gasteiger partial charge in [-0.3, -0.25) is 0 Å². The molecule has 0 bridgehead atoms. The molecule has 1 aliphatic rings. The van der Waals surface area contributed by atoms with Crippen molar-refractivity contribution < 1.29 is 14.1 Å². The molecule has 112 valence electrons. The maximum Gasteiger partial charge on any atom is 0.342 e. The van der Waals surface area contributed by atoms with Crippen LogP contribution in [0, 0.1) is 6.92 Å². The van der Waals surface area contributed by atoms with Crippen molar-refractivity contribution in [1.29, 1.82) is 0 Å². The van der Waals surface area contributed by atoms with E-state index in [9.17, 15) is 4.79 Å². The number of rotatable bonds is 4. The summed E-state index contributed by atoms with van der Waals surface area (Å²) in [6, 6.07) is 3.80.